The van der Waals surface area contributed by atoms with E-state index in [4.69, 9.17) is 9.15 Å². The second-order valence-corrected chi connectivity index (χ2v) is 6.99. The molecule has 3 aromatic rings. The van der Waals surface area contributed by atoms with E-state index in [0.29, 0.717) is 43.2 Å². The number of piperidine rings is 1. The van der Waals surface area contributed by atoms with Crippen LogP contribution in [0.3, 0.4) is 0 Å². The van der Waals surface area contributed by atoms with Gasteiger partial charge in [0.05, 0.1) is 0 Å². The van der Waals surface area contributed by atoms with Gasteiger partial charge in [0, 0.05) is 43.1 Å². The normalized spacial score (nSPS) is 15.0. The lowest BCUT2D eigenvalue weighted by molar-refractivity contribution is 0.0584. The zero-order valence-electron chi connectivity index (χ0n) is 15.8. The maximum absolute atomic E-state index is 12.8. The highest BCUT2D eigenvalue weighted by Crippen LogP contribution is 2.20. The first kappa shape index (κ1) is 18.2. The lowest BCUT2D eigenvalue weighted by atomic mass is 10.1. The molecule has 7 nitrogen and oxygen atoms in total. The van der Waals surface area contributed by atoms with Crippen molar-refractivity contribution in [2.45, 2.75) is 32.8 Å². The summed E-state index contributed by atoms with van der Waals surface area (Å²) in [6.45, 7) is 4.76. The van der Waals surface area contributed by atoms with Crippen molar-refractivity contribution in [3.05, 3.63) is 63.9 Å². The summed E-state index contributed by atoms with van der Waals surface area (Å²) in [5.41, 5.74) is 0.805. The van der Waals surface area contributed by atoms with E-state index < -0.39 is 5.63 Å². The van der Waals surface area contributed by atoms with Crippen molar-refractivity contribution in [3.8, 4) is 5.88 Å². The number of nitrogens with zero attached hydrogens (tertiary/aromatic N) is 3. The molecule has 0 spiro atoms. The third kappa shape index (κ3) is 3.74. The average Bonchev–Trinajstić information content (AvgIpc) is 2.67. The van der Waals surface area contributed by atoms with Crippen molar-refractivity contribution < 1.29 is 13.9 Å². The Morgan fingerprint density at radius 2 is 1.89 bits per heavy atom. The number of amides is 1. The lowest BCUT2D eigenvalue weighted by Crippen LogP contribution is -2.43. The quantitative estimate of drug-likeness (QED) is 0.651. The van der Waals surface area contributed by atoms with Gasteiger partial charge >= 0.3 is 5.63 Å². The van der Waals surface area contributed by atoms with Crippen LogP contribution in [0.15, 0.2) is 45.6 Å². The standard InChI is InChI=1S/C21H21N3O4/c1-13-11-19(23-14(2)22-13)27-16-7-9-24(10-8-16)20(25)17-12-15-5-3-4-6-18(15)28-21(17)26/h3-6,11-12,16H,7-10H2,1-2H3. The number of aryl methyl sites for hydroxylation is 2. The Kier molecular flexibility index (Phi) is 4.81. The molecule has 4 rings (SSSR count). The molecule has 1 fully saturated rings. The van der Waals surface area contributed by atoms with Crippen molar-refractivity contribution in [1.29, 1.82) is 0 Å². The fourth-order valence-electron chi connectivity index (χ4n) is 3.47. The van der Waals surface area contributed by atoms with Gasteiger partial charge in [0.1, 0.15) is 23.1 Å². The van der Waals surface area contributed by atoms with Crippen molar-refractivity contribution in [3.63, 3.8) is 0 Å². The molecule has 1 amide bonds. The average molecular weight is 379 g/mol. The number of hydrogen-bond acceptors (Lipinski definition) is 6. The Morgan fingerprint density at radius 1 is 1.14 bits per heavy atom. The molecule has 0 N–H and O–H groups in total. The number of rotatable bonds is 3. The van der Waals surface area contributed by atoms with Gasteiger partial charge in [-0.2, -0.15) is 4.98 Å². The number of aromatic nitrogens is 2. The van der Waals surface area contributed by atoms with Gasteiger partial charge in [-0.25, -0.2) is 9.78 Å². The summed E-state index contributed by atoms with van der Waals surface area (Å²) >= 11 is 0. The summed E-state index contributed by atoms with van der Waals surface area (Å²) in [6.07, 6.45) is 1.32. The second kappa shape index (κ2) is 7.42. The molecule has 144 valence electrons. The summed E-state index contributed by atoms with van der Waals surface area (Å²) in [5, 5.41) is 0.734. The minimum absolute atomic E-state index is 0.0224. The first-order chi connectivity index (χ1) is 13.5. The number of ether oxygens (including phenoxy) is 1. The van der Waals surface area contributed by atoms with Gasteiger partial charge in [-0.1, -0.05) is 18.2 Å². The Labute approximate surface area is 162 Å². The van der Waals surface area contributed by atoms with Crippen molar-refractivity contribution in [2.24, 2.45) is 0 Å². The minimum Gasteiger partial charge on any atom is -0.474 e. The highest BCUT2D eigenvalue weighted by molar-refractivity contribution is 5.96. The van der Waals surface area contributed by atoms with Crippen molar-refractivity contribution >= 4 is 16.9 Å². The van der Waals surface area contributed by atoms with E-state index in [0.717, 1.165) is 11.1 Å². The van der Waals surface area contributed by atoms with Crippen LogP contribution in [-0.2, 0) is 0 Å². The van der Waals surface area contributed by atoms with E-state index in [9.17, 15) is 9.59 Å². The molecule has 0 radical (unpaired) electrons. The molecule has 7 heteroatoms. The Morgan fingerprint density at radius 3 is 2.64 bits per heavy atom. The number of benzene rings is 1. The van der Waals surface area contributed by atoms with E-state index in [1.807, 2.05) is 32.0 Å². The highest BCUT2D eigenvalue weighted by Gasteiger charge is 2.27. The fraction of sp³-hybridized carbons (Fsp3) is 0.333. The highest BCUT2D eigenvalue weighted by atomic mass is 16.5. The maximum atomic E-state index is 12.8. The van der Waals surface area contributed by atoms with Gasteiger partial charge in [-0.3, -0.25) is 4.79 Å². The van der Waals surface area contributed by atoms with E-state index in [-0.39, 0.29) is 17.6 Å². The predicted octanol–water partition coefficient (Wildman–Crippen LogP) is 2.88. The summed E-state index contributed by atoms with van der Waals surface area (Å²) in [4.78, 5) is 35.3. The van der Waals surface area contributed by atoms with Gasteiger partial charge in [0.25, 0.3) is 5.91 Å². The van der Waals surface area contributed by atoms with E-state index in [1.165, 1.54) is 0 Å². The molecule has 1 saturated heterocycles. The molecule has 3 heterocycles. The first-order valence-corrected chi connectivity index (χ1v) is 9.31. The third-order valence-electron chi connectivity index (χ3n) is 4.83. The third-order valence-corrected chi connectivity index (χ3v) is 4.83. The van der Waals surface area contributed by atoms with E-state index >= 15 is 0 Å². The van der Waals surface area contributed by atoms with Crippen molar-refractivity contribution in [2.75, 3.05) is 13.1 Å². The van der Waals surface area contributed by atoms with Gasteiger partial charge in [0.15, 0.2) is 0 Å². The number of para-hydroxylation sites is 1. The minimum atomic E-state index is -0.603. The molecule has 28 heavy (non-hydrogen) atoms. The Bertz CT molecular complexity index is 1060. The first-order valence-electron chi connectivity index (χ1n) is 9.31. The number of fused-ring (bicyclic) bond motifs is 1. The molecule has 0 aliphatic carbocycles. The molecule has 1 aliphatic heterocycles. The number of likely N-dealkylation sites (tertiary alicyclic amines) is 1. The summed E-state index contributed by atoms with van der Waals surface area (Å²) in [7, 11) is 0. The predicted molar refractivity (Wildman–Crippen MR) is 104 cm³/mol. The summed E-state index contributed by atoms with van der Waals surface area (Å²) in [5.74, 6) is 0.933. The van der Waals surface area contributed by atoms with Gasteiger partial charge in [-0.15, -0.1) is 0 Å². The summed E-state index contributed by atoms with van der Waals surface area (Å²) in [6, 6.07) is 10.6. The topological polar surface area (TPSA) is 85.5 Å². The van der Waals surface area contributed by atoms with Crippen LogP contribution in [0.5, 0.6) is 5.88 Å². The summed E-state index contributed by atoms with van der Waals surface area (Å²) < 4.78 is 11.2. The number of hydrogen-bond donors (Lipinski definition) is 0. The van der Waals surface area contributed by atoms with Crippen LogP contribution in [0.25, 0.3) is 11.0 Å². The smallest absolute Gasteiger partial charge is 0.349 e. The van der Waals surface area contributed by atoms with Crippen LogP contribution in [0.2, 0.25) is 0 Å². The van der Waals surface area contributed by atoms with Crippen molar-refractivity contribution in [1.82, 2.24) is 14.9 Å². The largest absolute Gasteiger partial charge is 0.474 e. The zero-order chi connectivity index (χ0) is 19.7. The molecule has 2 aromatic heterocycles. The van der Waals surface area contributed by atoms with Crippen LogP contribution >= 0.6 is 0 Å². The van der Waals surface area contributed by atoms with Gasteiger partial charge < -0.3 is 14.1 Å². The SMILES string of the molecule is Cc1cc(OC2CCN(C(=O)c3cc4ccccc4oc3=O)CC2)nc(C)n1. The van der Waals surface area contributed by atoms with Crippen LogP contribution < -0.4 is 10.4 Å². The molecule has 0 atom stereocenters. The van der Waals surface area contributed by atoms with Crippen LogP contribution in [0.4, 0.5) is 0 Å². The van der Waals surface area contributed by atoms with E-state index in [1.54, 1.807) is 23.1 Å². The molecule has 0 unspecified atom stereocenters. The van der Waals surface area contributed by atoms with Crippen LogP contribution in [0.1, 0.15) is 34.7 Å². The second-order valence-electron chi connectivity index (χ2n) is 6.99. The van der Waals surface area contributed by atoms with Gasteiger partial charge in [-0.05, 0) is 26.0 Å². The molecular weight excluding hydrogens is 358 g/mol. The Hall–Kier alpha value is -3.22. The zero-order valence-corrected chi connectivity index (χ0v) is 15.8. The Balaban J connectivity index is 1.44. The monoisotopic (exact) mass is 379 g/mol. The molecule has 1 aromatic carbocycles. The number of carbonyl (C=O) groups is 1. The van der Waals surface area contributed by atoms with Gasteiger partial charge in [0.2, 0.25) is 5.88 Å². The fourth-order valence-corrected chi connectivity index (χ4v) is 3.47. The molecular formula is C21H21N3O4. The van der Waals surface area contributed by atoms with Crippen LogP contribution in [-0.4, -0.2) is 40.0 Å². The van der Waals surface area contributed by atoms with E-state index in [2.05, 4.69) is 9.97 Å². The molecule has 0 bridgehead atoms. The maximum Gasteiger partial charge on any atom is 0.349 e. The van der Waals surface area contributed by atoms with Crippen LogP contribution in [0, 0.1) is 13.8 Å². The molecule has 1 aliphatic rings. The molecule has 0 saturated carbocycles. The lowest BCUT2D eigenvalue weighted by Gasteiger charge is -2.31. The number of carbonyl (C=O) groups excluding carboxylic acids is 1.